The van der Waals surface area contributed by atoms with E-state index in [0.29, 0.717) is 26.2 Å². The van der Waals surface area contributed by atoms with Crippen LogP contribution in [0.15, 0.2) is 5.38 Å². The molecule has 0 radical (unpaired) electrons. The summed E-state index contributed by atoms with van der Waals surface area (Å²) in [5.41, 5.74) is 6.32. The summed E-state index contributed by atoms with van der Waals surface area (Å²) in [5.74, 6) is 0. The minimum atomic E-state index is -0.257. The highest BCUT2D eigenvalue weighted by atomic mass is 32.1. The van der Waals surface area contributed by atoms with Crippen molar-refractivity contribution in [2.45, 2.75) is 13.1 Å². The predicted octanol–water partition coefficient (Wildman–Crippen LogP) is 0.554. The predicted molar refractivity (Wildman–Crippen MR) is 51.8 cm³/mol. The molecule has 14 heavy (non-hydrogen) atoms. The van der Waals surface area contributed by atoms with Crippen LogP contribution >= 0.6 is 11.3 Å². The molecule has 5 nitrogen and oxygen atoms in total. The molecule has 1 aromatic rings. The Kier molecular flexibility index (Phi) is 2.64. The van der Waals surface area contributed by atoms with Crippen molar-refractivity contribution >= 4 is 17.4 Å². The van der Waals surface area contributed by atoms with E-state index in [2.05, 4.69) is 4.98 Å². The van der Waals surface area contributed by atoms with Gasteiger partial charge >= 0.3 is 6.09 Å². The van der Waals surface area contributed by atoms with Gasteiger partial charge in [-0.15, -0.1) is 11.3 Å². The normalized spacial score (nSPS) is 16.1. The van der Waals surface area contributed by atoms with Gasteiger partial charge in [-0.3, -0.25) is 4.90 Å². The summed E-state index contributed by atoms with van der Waals surface area (Å²) in [5, 5.41) is 2.82. The van der Waals surface area contributed by atoms with E-state index in [4.69, 9.17) is 10.5 Å². The lowest BCUT2D eigenvalue weighted by molar-refractivity contribution is 0.157. The second-order valence-electron chi connectivity index (χ2n) is 2.97. The first-order valence-electron chi connectivity index (χ1n) is 4.34. The molecule has 76 valence electrons. The lowest BCUT2D eigenvalue weighted by Crippen LogP contribution is -2.23. The Bertz CT molecular complexity index is 339. The summed E-state index contributed by atoms with van der Waals surface area (Å²) in [6.07, 6.45) is -0.257. The SMILES string of the molecule is NCc1nc(CN2CCOC2=O)cs1. The zero-order valence-corrected chi connectivity index (χ0v) is 8.42. The van der Waals surface area contributed by atoms with E-state index in [1.807, 2.05) is 5.38 Å². The van der Waals surface area contributed by atoms with E-state index in [0.717, 1.165) is 10.7 Å². The third kappa shape index (κ3) is 1.85. The molecule has 1 saturated heterocycles. The minimum Gasteiger partial charge on any atom is -0.448 e. The van der Waals surface area contributed by atoms with E-state index in [9.17, 15) is 4.79 Å². The average Bonchev–Trinajstić information content (AvgIpc) is 2.77. The number of ether oxygens (including phenoxy) is 1. The molecule has 6 heteroatoms. The van der Waals surface area contributed by atoms with Crippen molar-refractivity contribution in [3.8, 4) is 0 Å². The van der Waals surface area contributed by atoms with Crippen LogP contribution in [-0.2, 0) is 17.8 Å². The summed E-state index contributed by atoms with van der Waals surface area (Å²) < 4.78 is 4.81. The van der Waals surface area contributed by atoms with Crippen molar-refractivity contribution in [3.63, 3.8) is 0 Å². The smallest absolute Gasteiger partial charge is 0.410 e. The number of thiazole rings is 1. The number of rotatable bonds is 3. The highest BCUT2D eigenvalue weighted by Crippen LogP contribution is 2.13. The molecule has 2 rings (SSSR count). The van der Waals surface area contributed by atoms with Gasteiger partial charge in [0, 0.05) is 11.9 Å². The van der Waals surface area contributed by atoms with Crippen LogP contribution in [0, 0.1) is 0 Å². The Balaban J connectivity index is 1.99. The maximum atomic E-state index is 11.1. The number of carbonyl (C=O) groups is 1. The second kappa shape index (κ2) is 3.93. The molecule has 0 bridgehead atoms. The van der Waals surface area contributed by atoms with E-state index in [1.165, 1.54) is 11.3 Å². The minimum absolute atomic E-state index is 0.257. The summed E-state index contributed by atoms with van der Waals surface area (Å²) >= 11 is 1.52. The van der Waals surface area contributed by atoms with Crippen LogP contribution in [0.3, 0.4) is 0 Å². The summed E-state index contributed by atoms with van der Waals surface area (Å²) in [6, 6.07) is 0. The van der Waals surface area contributed by atoms with Crippen molar-refractivity contribution in [2.24, 2.45) is 5.73 Å². The largest absolute Gasteiger partial charge is 0.448 e. The number of nitrogens with zero attached hydrogens (tertiary/aromatic N) is 2. The van der Waals surface area contributed by atoms with Crippen LogP contribution in [0.1, 0.15) is 10.7 Å². The van der Waals surface area contributed by atoms with Gasteiger partial charge in [-0.1, -0.05) is 0 Å². The zero-order valence-electron chi connectivity index (χ0n) is 7.60. The number of amides is 1. The third-order valence-corrected chi connectivity index (χ3v) is 2.89. The van der Waals surface area contributed by atoms with Crippen molar-refractivity contribution in [2.75, 3.05) is 13.2 Å². The molecule has 0 saturated carbocycles. The summed E-state index contributed by atoms with van der Waals surface area (Å²) in [6.45, 7) is 2.10. The molecule has 1 amide bonds. The van der Waals surface area contributed by atoms with Gasteiger partial charge in [0.15, 0.2) is 0 Å². The van der Waals surface area contributed by atoms with Crippen LogP contribution in [0.25, 0.3) is 0 Å². The fourth-order valence-electron chi connectivity index (χ4n) is 1.28. The molecule has 0 atom stereocenters. The molecule has 0 unspecified atom stereocenters. The van der Waals surface area contributed by atoms with Crippen LogP contribution in [0.5, 0.6) is 0 Å². The van der Waals surface area contributed by atoms with Gasteiger partial charge < -0.3 is 10.5 Å². The number of nitrogens with two attached hydrogens (primary N) is 1. The molecule has 1 aliphatic heterocycles. The van der Waals surface area contributed by atoms with E-state index in [-0.39, 0.29) is 6.09 Å². The van der Waals surface area contributed by atoms with Crippen molar-refractivity contribution in [1.29, 1.82) is 0 Å². The van der Waals surface area contributed by atoms with Gasteiger partial charge in [0.1, 0.15) is 11.6 Å². The van der Waals surface area contributed by atoms with E-state index >= 15 is 0 Å². The van der Waals surface area contributed by atoms with Gasteiger partial charge in [0.05, 0.1) is 18.8 Å². The number of carbonyl (C=O) groups excluding carboxylic acids is 1. The number of aromatic nitrogens is 1. The van der Waals surface area contributed by atoms with Gasteiger partial charge in [0.25, 0.3) is 0 Å². The average molecular weight is 213 g/mol. The molecular weight excluding hydrogens is 202 g/mol. The Labute approximate surface area is 85.5 Å². The highest BCUT2D eigenvalue weighted by Gasteiger charge is 2.22. The van der Waals surface area contributed by atoms with Crippen molar-refractivity contribution in [3.05, 3.63) is 16.1 Å². The van der Waals surface area contributed by atoms with Gasteiger partial charge in [0.2, 0.25) is 0 Å². The van der Waals surface area contributed by atoms with Crippen LogP contribution in [0.4, 0.5) is 4.79 Å². The topological polar surface area (TPSA) is 68.4 Å². The number of hydrogen-bond donors (Lipinski definition) is 1. The molecule has 1 aliphatic rings. The van der Waals surface area contributed by atoms with Gasteiger partial charge in [-0.2, -0.15) is 0 Å². The summed E-state index contributed by atoms with van der Waals surface area (Å²) in [4.78, 5) is 17.0. The maximum Gasteiger partial charge on any atom is 0.410 e. The fourth-order valence-corrected chi connectivity index (χ4v) is 1.95. The van der Waals surface area contributed by atoms with E-state index < -0.39 is 0 Å². The first kappa shape index (κ1) is 9.42. The van der Waals surface area contributed by atoms with E-state index in [1.54, 1.807) is 4.90 Å². The van der Waals surface area contributed by atoms with Crippen molar-refractivity contribution < 1.29 is 9.53 Å². The van der Waals surface area contributed by atoms with Gasteiger partial charge in [-0.25, -0.2) is 9.78 Å². The molecule has 0 aromatic carbocycles. The van der Waals surface area contributed by atoms with Crippen LogP contribution < -0.4 is 5.73 Å². The summed E-state index contributed by atoms with van der Waals surface area (Å²) in [7, 11) is 0. The Hall–Kier alpha value is -1.14. The molecule has 0 aliphatic carbocycles. The van der Waals surface area contributed by atoms with Gasteiger partial charge in [-0.05, 0) is 0 Å². The zero-order chi connectivity index (χ0) is 9.97. The highest BCUT2D eigenvalue weighted by molar-refractivity contribution is 7.09. The lowest BCUT2D eigenvalue weighted by Gasteiger charge is -2.09. The molecule has 0 spiro atoms. The van der Waals surface area contributed by atoms with Crippen LogP contribution in [0.2, 0.25) is 0 Å². The third-order valence-electron chi connectivity index (χ3n) is 1.97. The number of hydrogen-bond acceptors (Lipinski definition) is 5. The fraction of sp³-hybridized carbons (Fsp3) is 0.500. The Morgan fingerprint density at radius 1 is 1.71 bits per heavy atom. The molecule has 1 aromatic heterocycles. The van der Waals surface area contributed by atoms with Crippen molar-refractivity contribution in [1.82, 2.24) is 9.88 Å². The number of cyclic esters (lactones) is 1. The lowest BCUT2D eigenvalue weighted by atomic mass is 10.4. The first-order valence-corrected chi connectivity index (χ1v) is 5.22. The molecular formula is C8H11N3O2S. The first-order chi connectivity index (χ1) is 6.79. The molecule has 2 N–H and O–H groups in total. The van der Waals surface area contributed by atoms with Crippen LogP contribution in [-0.4, -0.2) is 29.1 Å². The Morgan fingerprint density at radius 2 is 2.57 bits per heavy atom. The second-order valence-corrected chi connectivity index (χ2v) is 3.92. The standard InChI is InChI=1S/C8H11N3O2S/c9-3-7-10-6(5-14-7)4-11-1-2-13-8(11)12/h5H,1-4,9H2. The Morgan fingerprint density at radius 3 is 3.14 bits per heavy atom. The molecule has 2 heterocycles. The maximum absolute atomic E-state index is 11.1. The quantitative estimate of drug-likeness (QED) is 0.796. The molecule has 1 fully saturated rings. The monoisotopic (exact) mass is 213 g/mol.